The Kier molecular flexibility index (Phi) is 5.00. The zero-order chi connectivity index (χ0) is 14.6. The maximum atomic E-state index is 13.1. The van der Waals surface area contributed by atoms with Crippen LogP contribution in [0.5, 0.6) is 0 Å². The molecule has 1 N–H and O–H groups in total. The lowest BCUT2D eigenvalue weighted by Crippen LogP contribution is -2.22. The molecule has 1 aromatic rings. The first-order valence-corrected chi connectivity index (χ1v) is 8.73. The normalized spacial score (nSPS) is 25.9. The van der Waals surface area contributed by atoms with Gasteiger partial charge in [-0.15, -0.1) is 0 Å². The quantitative estimate of drug-likeness (QED) is 0.925. The van der Waals surface area contributed by atoms with Crippen LogP contribution in [0.4, 0.5) is 0 Å². The third-order valence-electron chi connectivity index (χ3n) is 3.95. The maximum Gasteiger partial charge on any atom is 0.0966 e. The fourth-order valence-corrected chi connectivity index (χ4v) is 4.51. The predicted molar refractivity (Wildman–Crippen MR) is 82.9 cm³/mol. The van der Waals surface area contributed by atoms with E-state index in [2.05, 4.69) is 4.36 Å². The molecule has 0 spiro atoms. The van der Waals surface area contributed by atoms with E-state index in [0.717, 1.165) is 36.2 Å². The van der Waals surface area contributed by atoms with E-state index in [1.54, 1.807) is 7.05 Å². The van der Waals surface area contributed by atoms with Gasteiger partial charge in [-0.25, -0.2) is 8.57 Å². The van der Waals surface area contributed by atoms with E-state index in [9.17, 15) is 9.32 Å². The van der Waals surface area contributed by atoms with Gasteiger partial charge in [0.15, 0.2) is 0 Å². The van der Waals surface area contributed by atoms with Crippen LogP contribution in [0, 0.1) is 5.92 Å². The van der Waals surface area contributed by atoms with Gasteiger partial charge in [0.05, 0.1) is 20.7 Å². The highest BCUT2D eigenvalue weighted by atomic mass is 32.2. The summed E-state index contributed by atoms with van der Waals surface area (Å²) in [7, 11) is -0.916. The van der Waals surface area contributed by atoms with Crippen LogP contribution in [0.25, 0.3) is 0 Å². The summed E-state index contributed by atoms with van der Waals surface area (Å²) in [5, 5.41) is 11.7. The van der Waals surface area contributed by atoms with Gasteiger partial charge in [-0.1, -0.05) is 30.2 Å². The van der Waals surface area contributed by atoms with Gasteiger partial charge in [0, 0.05) is 18.4 Å². The van der Waals surface area contributed by atoms with Crippen LogP contribution in [0.3, 0.4) is 0 Å². The highest BCUT2D eigenvalue weighted by Gasteiger charge is 2.24. The molecule has 1 aliphatic carbocycles. The maximum absolute atomic E-state index is 13.1. The summed E-state index contributed by atoms with van der Waals surface area (Å²) in [4.78, 5) is 0.741. The van der Waals surface area contributed by atoms with E-state index < -0.39 is 15.8 Å². The molecule has 4 heteroatoms. The molecule has 1 aromatic carbocycles. The van der Waals surface area contributed by atoms with Crippen molar-refractivity contribution in [3.8, 4) is 0 Å². The van der Waals surface area contributed by atoms with E-state index in [-0.39, 0.29) is 5.92 Å². The minimum atomic E-state index is -2.52. The molecular weight excluding hydrogens is 270 g/mol. The van der Waals surface area contributed by atoms with E-state index in [0.29, 0.717) is 0 Å². The Bertz CT molecular complexity index is 584. The lowest BCUT2D eigenvalue weighted by atomic mass is 9.82. The second-order valence-corrected chi connectivity index (χ2v) is 7.56. The van der Waals surface area contributed by atoms with Crippen LogP contribution in [-0.2, 0) is 9.73 Å². The summed E-state index contributed by atoms with van der Waals surface area (Å²) < 4.78 is 17.2. The van der Waals surface area contributed by atoms with Crippen molar-refractivity contribution in [3.63, 3.8) is 0 Å². The Hall–Kier alpha value is -1.13. The van der Waals surface area contributed by atoms with Crippen LogP contribution in [0.1, 0.15) is 32.6 Å². The summed E-state index contributed by atoms with van der Waals surface area (Å²) in [5.74, 6) is 0.120. The van der Waals surface area contributed by atoms with Crippen molar-refractivity contribution in [1.82, 2.24) is 0 Å². The molecule has 1 unspecified atom stereocenters. The lowest BCUT2D eigenvalue weighted by Gasteiger charge is -2.28. The third-order valence-corrected chi connectivity index (χ3v) is 6.06. The van der Waals surface area contributed by atoms with Crippen molar-refractivity contribution in [2.45, 2.75) is 43.6 Å². The van der Waals surface area contributed by atoms with Gasteiger partial charge in [-0.05, 0) is 38.3 Å². The molecule has 0 aliphatic heterocycles. The molecule has 110 valence electrons. The minimum Gasteiger partial charge on any atom is -0.393 e. The number of rotatable bonds is 3. The van der Waals surface area contributed by atoms with Crippen molar-refractivity contribution in [2.24, 2.45) is 10.3 Å². The van der Waals surface area contributed by atoms with Gasteiger partial charge in [-0.3, -0.25) is 0 Å². The molecule has 0 radical (unpaired) electrons. The van der Waals surface area contributed by atoms with E-state index in [4.69, 9.17) is 0 Å². The summed E-state index contributed by atoms with van der Waals surface area (Å²) in [6.07, 6.45) is 3.72. The van der Waals surface area contributed by atoms with Gasteiger partial charge in [0.1, 0.15) is 0 Å². The average Bonchev–Trinajstić information content (AvgIpc) is 2.48. The number of aliphatic hydroxyl groups excluding tert-OH is 1. The zero-order valence-electron chi connectivity index (χ0n) is 12.2. The summed E-state index contributed by atoms with van der Waals surface area (Å²) >= 11 is 0. The molecule has 1 fully saturated rings. The van der Waals surface area contributed by atoms with Gasteiger partial charge in [0.25, 0.3) is 0 Å². The second-order valence-electron chi connectivity index (χ2n) is 5.35. The Morgan fingerprint density at radius 1 is 1.35 bits per heavy atom. The summed E-state index contributed by atoms with van der Waals surface area (Å²) in [6.45, 7) is 1.82. The van der Waals surface area contributed by atoms with E-state index in [1.807, 2.05) is 42.7 Å². The standard InChI is InChI=1S/C16H23NO2S/c1-13(18)16-11-7-6-8-14(16)12-20(19,17-2)15-9-4-3-5-10-15/h3-5,9-10,12-13,16,18H,6-8,11H2,1-2H3/b14-12+/t13-,16-,20?/m1/s1. The van der Waals surface area contributed by atoms with Crippen molar-refractivity contribution in [1.29, 1.82) is 0 Å². The van der Waals surface area contributed by atoms with E-state index >= 15 is 0 Å². The second kappa shape index (κ2) is 6.55. The molecule has 2 rings (SSSR count). The predicted octanol–water partition coefficient (Wildman–Crippen LogP) is 3.60. The first kappa shape index (κ1) is 15.3. The number of hydrogen-bond donors (Lipinski definition) is 1. The van der Waals surface area contributed by atoms with Crippen LogP contribution in [-0.4, -0.2) is 22.5 Å². The third kappa shape index (κ3) is 3.30. The monoisotopic (exact) mass is 293 g/mol. The Morgan fingerprint density at radius 3 is 2.65 bits per heavy atom. The first-order chi connectivity index (χ1) is 9.57. The fourth-order valence-electron chi connectivity index (χ4n) is 2.81. The smallest absolute Gasteiger partial charge is 0.0966 e. The molecule has 0 amide bonds. The number of benzene rings is 1. The highest BCUT2D eigenvalue weighted by molar-refractivity contribution is 7.96. The van der Waals surface area contributed by atoms with Crippen molar-refractivity contribution >= 4 is 9.73 Å². The Balaban J connectivity index is 2.42. The molecule has 3 nitrogen and oxygen atoms in total. The van der Waals surface area contributed by atoms with Gasteiger partial charge in [-0.2, -0.15) is 0 Å². The van der Waals surface area contributed by atoms with Crippen LogP contribution >= 0.6 is 0 Å². The lowest BCUT2D eigenvalue weighted by molar-refractivity contribution is 0.129. The van der Waals surface area contributed by atoms with Gasteiger partial charge in [0.2, 0.25) is 0 Å². The first-order valence-electron chi connectivity index (χ1n) is 7.15. The highest BCUT2D eigenvalue weighted by Crippen LogP contribution is 2.33. The molecule has 20 heavy (non-hydrogen) atoms. The minimum absolute atomic E-state index is 0.120. The van der Waals surface area contributed by atoms with E-state index in [1.165, 1.54) is 0 Å². The summed E-state index contributed by atoms with van der Waals surface area (Å²) in [6, 6.07) is 9.38. The number of nitrogens with zero attached hydrogens (tertiary/aromatic N) is 1. The molecule has 3 atom stereocenters. The van der Waals surface area contributed by atoms with Crippen LogP contribution in [0.2, 0.25) is 0 Å². The van der Waals surface area contributed by atoms with Gasteiger partial charge >= 0.3 is 0 Å². The van der Waals surface area contributed by atoms with Gasteiger partial charge < -0.3 is 5.11 Å². The molecule has 0 bridgehead atoms. The van der Waals surface area contributed by atoms with Crippen LogP contribution in [0.15, 0.2) is 50.6 Å². The molecule has 0 heterocycles. The molecule has 0 saturated heterocycles. The molecule has 0 aromatic heterocycles. The molecular formula is C16H23NO2S. The number of hydrogen-bond acceptors (Lipinski definition) is 3. The topological polar surface area (TPSA) is 49.7 Å². The largest absolute Gasteiger partial charge is 0.393 e. The molecule has 1 aliphatic rings. The Labute approximate surface area is 121 Å². The fraction of sp³-hybridized carbons (Fsp3) is 0.500. The van der Waals surface area contributed by atoms with Crippen molar-refractivity contribution in [2.75, 3.05) is 7.05 Å². The van der Waals surface area contributed by atoms with Crippen LogP contribution < -0.4 is 0 Å². The van der Waals surface area contributed by atoms with Crippen molar-refractivity contribution in [3.05, 3.63) is 41.3 Å². The SMILES string of the molecule is CN=S(=O)(/C=C1\CCCC[C@@H]1[C@@H](C)O)c1ccccc1. The average molecular weight is 293 g/mol. The Morgan fingerprint density at radius 2 is 2.05 bits per heavy atom. The molecule has 1 saturated carbocycles. The van der Waals surface area contributed by atoms with Crippen molar-refractivity contribution < 1.29 is 9.32 Å². The zero-order valence-corrected chi connectivity index (χ0v) is 13.0. The number of aliphatic hydroxyl groups is 1. The summed E-state index contributed by atoms with van der Waals surface area (Å²) in [5.41, 5.74) is 1.10.